The summed E-state index contributed by atoms with van der Waals surface area (Å²) in [5, 5.41) is 2.90. The van der Waals surface area contributed by atoms with E-state index in [0.717, 1.165) is 10.2 Å². The van der Waals surface area contributed by atoms with Crippen molar-refractivity contribution >= 4 is 27.5 Å². The topological polar surface area (TPSA) is 34.0 Å². The van der Waals surface area contributed by atoms with Crippen molar-refractivity contribution in [3.8, 4) is 0 Å². The van der Waals surface area contributed by atoms with Crippen molar-refractivity contribution in [1.82, 2.24) is 9.88 Å². The molecule has 2 heterocycles. The zero-order chi connectivity index (χ0) is 18.9. The molecule has 0 bridgehead atoms. The molecule has 0 radical (unpaired) electrons. The molecule has 0 atom stereocenters. The number of amides is 1. The van der Waals surface area contributed by atoms with Gasteiger partial charge in [0.2, 0.25) is 0 Å². The molecule has 0 saturated carbocycles. The molecule has 0 unspecified atom stereocenters. The summed E-state index contributed by atoms with van der Waals surface area (Å²) in [4.78, 5) is 13.8. The molecule has 0 fully saturated rings. The second kappa shape index (κ2) is 7.12. The number of thiophene rings is 1. The standard InChI is InChI=1S/C22H26N2OS/c1-6-11-23-21(25)19-13-20-18(12-15(2)26-20)24(19)14-16-7-9-17(10-8-16)22(3,4)5/h6-10,12-13H,1,11,14H2,2-5H3,(H,23,25). The van der Waals surface area contributed by atoms with Crippen molar-refractivity contribution < 1.29 is 4.79 Å². The van der Waals surface area contributed by atoms with Crippen LogP contribution in [0.5, 0.6) is 0 Å². The summed E-state index contributed by atoms with van der Waals surface area (Å²) >= 11 is 1.72. The van der Waals surface area contributed by atoms with Gasteiger partial charge < -0.3 is 9.88 Å². The Morgan fingerprint density at radius 3 is 2.54 bits per heavy atom. The smallest absolute Gasteiger partial charge is 0.268 e. The first-order chi connectivity index (χ1) is 12.3. The minimum Gasteiger partial charge on any atom is -0.347 e. The SMILES string of the molecule is C=CCNC(=O)c1cc2sc(C)cc2n1Cc1ccc(C(C)(C)C)cc1. The van der Waals surface area contributed by atoms with Crippen LogP contribution >= 0.6 is 11.3 Å². The highest BCUT2D eigenvalue weighted by molar-refractivity contribution is 7.19. The van der Waals surface area contributed by atoms with Crippen LogP contribution in [0.15, 0.2) is 49.1 Å². The number of carbonyl (C=O) groups is 1. The largest absolute Gasteiger partial charge is 0.347 e. The highest BCUT2D eigenvalue weighted by Crippen LogP contribution is 2.30. The van der Waals surface area contributed by atoms with Crippen LogP contribution in [0.2, 0.25) is 0 Å². The van der Waals surface area contributed by atoms with Crippen LogP contribution in [0.3, 0.4) is 0 Å². The number of rotatable bonds is 5. The maximum absolute atomic E-state index is 12.6. The molecule has 0 saturated heterocycles. The van der Waals surface area contributed by atoms with E-state index in [0.29, 0.717) is 18.8 Å². The van der Waals surface area contributed by atoms with E-state index >= 15 is 0 Å². The molecule has 26 heavy (non-hydrogen) atoms. The highest BCUT2D eigenvalue weighted by Gasteiger charge is 2.18. The van der Waals surface area contributed by atoms with Crippen LogP contribution in [0.1, 0.15) is 47.3 Å². The van der Waals surface area contributed by atoms with Gasteiger partial charge in [0.25, 0.3) is 5.91 Å². The van der Waals surface area contributed by atoms with Crippen molar-refractivity contribution in [1.29, 1.82) is 0 Å². The van der Waals surface area contributed by atoms with E-state index < -0.39 is 0 Å². The van der Waals surface area contributed by atoms with Gasteiger partial charge in [-0.2, -0.15) is 0 Å². The Morgan fingerprint density at radius 2 is 1.92 bits per heavy atom. The fourth-order valence-electron chi connectivity index (χ4n) is 3.07. The van der Waals surface area contributed by atoms with Crippen molar-refractivity contribution in [2.75, 3.05) is 6.54 Å². The summed E-state index contributed by atoms with van der Waals surface area (Å²) < 4.78 is 3.26. The van der Waals surface area contributed by atoms with Gasteiger partial charge in [-0.3, -0.25) is 4.79 Å². The number of fused-ring (bicyclic) bond motifs is 1. The van der Waals surface area contributed by atoms with Crippen molar-refractivity contribution in [2.24, 2.45) is 0 Å². The van der Waals surface area contributed by atoms with Gasteiger partial charge in [-0.1, -0.05) is 51.1 Å². The second-order valence-corrected chi connectivity index (χ2v) is 8.96. The molecule has 1 aromatic carbocycles. The van der Waals surface area contributed by atoms with Gasteiger partial charge in [0, 0.05) is 18.0 Å². The van der Waals surface area contributed by atoms with Gasteiger partial charge in [-0.25, -0.2) is 0 Å². The number of aromatic nitrogens is 1. The molecule has 0 aliphatic carbocycles. The molecule has 136 valence electrons. The first-order valence-corrected chi connectivity index (χ1v) is 9.69. The van der Waals surface area contributed by atoms with Crippen LogP contribution in [-0.2, 0) is 12.0 Å². The number of carbonyl (C=O) groups excluding carboxylic acids is 1. The zero-order valence-electron chi connectivity index (χ0n) is 15.9. The first kappa shape index (κ1) is 18.5. The van der Waals surface area contributed by atoms with Crippen LogP contribution in [0, 0.1) is 6.92 Å². The van der Waals surface area contributed by atoms with Crippen LogP contribution in [-0.4, -0.2) is 17.0 Å². The number of aryl methyl sites for hydroxylation is 1. The summed E-state index contributed by atoms with van der Waals surface area (Å²) in [6.07, 6.45) is 1.70. The molecule has 1 amide bonds. The van der Waals surface area contributed by atoms with Crippen molar-refractivity contribution in [3.05, 3.63) is 70.8 Å². The van der Waals surface area contributed by atoms with Crippen molar-refractivity contribution in [3.63, 3.8) is 0 Å². The lowest BCUT2D eigenvalue weighted by atomic mass is 9.87. The van der Waals surface area contributed by atoms with Crippen LogP contribution in [0.25, 0.3) is 10.2 Å². The lowest BCUT2D eigenvalue weighted by Gasteiger charge is -2.19. The second-order valence-electron chi connectivity index (χ2n) is 7.67. The summed E-state index contributed by atoms with van der Waals surface area (Å²) in [6.45, 7) is 13.6. The lowest BCUT2D eigenvalue weighted by molar-refractivity contribution is 0.0949. The normalized spacial score (nSPS) is 11.7. The van der Waals surface area contributed by atoms with Crippen LogP contribution in [0.4, 0.5) is 0 Å². The Balaban J connectivity index is 1.97. The molecule has 2 aromatic heterocycles. The van der Waals surface area contributed by atoms with E-state index in [-0.39, 0.29) is 11.3 Å². The lowest BCUT2D eigenvalue weighted by Crippen LogP contribution is -2.26. The summed E-state index contributed by atoms with van der Waals surface area (Å²) in [5.74, 6) is -0.0581. The summed E-state index contributed by atoms with van der Waals surface area (Å²) in [6, 6.07) is 12.9. The number of hydrogen-bond acceptors (Lipinski definition) is 2. The van der Waals surface area contributed by atoms with Crippen molar-refractivity contribution in [2.45, 2.75) is 39.7 Å². The van der Waals surface area contributed by atoms with E-state index in [4.69, 9.17) is 0 Å². The maximum atomic E-state index is 12.6. The molecule has 4 heteroatoms. The van der Waals surface area contributed by atoms with Crippen LogP contribution < -0.4 is 5.32 Å². The van der Waals surface area contributed by atoms with E-state index in [1.54, 1.807) is 17.4 Å². The Morgan fingerprint density at radius 1 is 1.23 bits per heavy atom. The Hall–Kier alpha value is -2.33. The monoisotopic (exact) mass is 366 g/mol. The van der Waals surface area contributed by atoms with Gasteiger partial charge in [-0.15, -0.1) is 17.9 Å². The van der Waals surface area contributed by atoms with Gasteiger partial charge in [0.1, 0.15) is 5.69 Å². The average Bonchev–Trinajstić information content (AvgIpc) is 3.09. The molecular formula is C22H26N2OS. The Labute approximate surface area is 159 Å². The fourth-order valence-corrected chi connectivity index (χ4v) is 4.03. The van der Waals surface area contributed by atoms with Gasteiger partial charge in [0.05, 0.1) is 10.2 Å². The van der Waals surface area contributed by atoms with Gasteiger partial charge in [0.15, 0.2) is 0 Å². The molecule has 3 aromatic rings. The maximum Gasteiger partial charge on any atom is 0.268 e. The molecule has 1 N–H and O–H groups in total. The Bertz CT molecular complexity index is 939. The highest BCUT2D eigenvalue weighted by atomic mass is 32.1. The van der Waals surface area contributed by atoms with Gasteiger partial charge in [-0.05, 0) is 35.6 Å². The molecule has 3 rings (SSSR count). The quantitative estimate of drug-likeness (QED) is 0.613. The zero-order valence-corrected chi connectivity index (χ0v) is 16.7. The Kier molecular flexibility index (Phi) is 5.05. The fraction of sp³-hybridized carbons (Fsp3) is 0.318. The minimum atomic E-state index is -0.0581. The molecule has 0 spiro atoms. The van der Waals surface area contributed by atoms with Gasteiger partial charge >= 0.3 is 0 Å². The molecule has 0 aliphatic rings. The summed E-state index contributed by atoms with van der Waals surface area (Å²) in [7, 11) is 0. The van der Waals surface area contributed by atoms with E-state index in [9.17, 15) is 4.79 Å². The third-order valence-corrected chi connectivity index (χ3v) is 5.50. The first-order valence-electron chi connectivity index (χ1n) is 8.88. The molecular weight excluding hydrogens is 340 g/mol. The van der Waals surface area contributed by atoms with E-state index in [1.165, 1.54) is 16.0 Å². The predicted molar refractivity (Wildman–Crippen MR) is 111 cm³/mol. The number of nitrogens with zero attached hydrogens (tertiary/aromatic N) is 1. The average molecular weight is 367 g/mol. The molecule has 3 nitrogen and oxygen atoms in total. The third-order valence-electron chi connectivity index (χ3n) is 4.51. The van der Waals surface area contributed by atoms with E-state index in [1.807, 2.05) is 6.07 Å². The predicted octanol–water partition coefficient (Wildman–Crippen LogP) is 5.27. The third kappa shape index (κ3) is 3.75. The number of benzene rings is 1. The minimum absolute atomic E-state index is 0.0581. The molecule has 0 aliphatic heterocycles. The summed E-state index contributed by atoms with van der Waals surface area (Å²) in [5.41, 5.74) is 4.47. The number of hydrogen-bond donors (Lipinski definition) is 1. The van der Waals surface area contributed by atoms with E-state index in [2.05, 4.69) is 74.5 Å². The number of nitrogens with one attached hydrogen (secondary N) is 1.